The number of aliphatic carboxylic acids is 1. The summed E-state index contributed by atoms with van der Waals surface area (Å²) in [4.78, 5) is 46.3. The molecule has 26 heavy (non-hydrogen) atoms. The maximum absolute atomic E-state index is 11.9. The quantitative estimate of drug-likeness (QED) is 0.536. The molecular formula is C18H24N2O6. The van der Waals surface area contributed by atoms with Gasteiger partial charge in [-0.2, -0.15) is 0 Å². The molecule has 0 aromatic heterocycles. The standard InChI is InChI=1S/C18H24N2O6/c1-3-26-17(23)11-14(18(24)25)20-16(22)10-9-15(21)19-12(2)13-7-5-4-6-8-13/h4-8,12,14H,3,9-11H2,1-2H3,(H,19,21)(H,20,22)(H,24,25)/t12-,14-/m1/s1. The molecule has 0 aliphatic carbocycles. The topological polar surface area (TPSA) is 122 Å². The molecule has 3 N–H and O–H groups in total. The molecule has 8 nitrogen and oxygen atoms in total. The third-order valence-corrected chi connectivity index (χ3v) is 3.57. The van der Waals surface area contributed by atoms with Crippen LogP contribution in [0, 0.1) is 0 Å². The number of carboxylic acid groups (broad SMARTS) is 1. The second kappa shape index (κ2) is 10.9. The molecule has 0 unspecified atom stereocenters. The van der Waals surface area contributed by atoms with Crippen molar-refractivity contribution in [2.75, 3.05) is 6.61 Å². The lowest BCUT2D eigenvalue weighted by Gasteiger charge is -2.15. The average molecular weight is 364 g/mol. The van der Waals surface area contributed by atoms with E-state index in [9.17, 15) is 19.2 Å². The van der Waals surface area contributed by atoms with Crippen molar-refractivity contribution in [2.45, 2.75) is 45.2 Å². The van der Waals surface area contributed by atoms with Crippen LogP contribution in [0.3, 0.4) is 0 Å². The third kappa shape index (κ3) is 7.78. The largest absolute Gasteiger partial charge is 0.480 e. The highest BCUT2D eigenvalue weighted by molar-refractivity contribution is 5.89. The number of amides is 2. The van der Waals surface area contributed by atoms with Gasteiger partial charge < -0.3 is 20.5 Å². The van der Waals surface area contributed by atoms with Crippen LogP contribution in [0.4, 0.5) is 0 Å². The zero-order valence-electron chi connectivity index (χ0n) is 14.9. The summed E-state index contributed by atoms with van der Waals surface area (Å²) in [5.74, 6) is -3.00. The van der Waals surface area contributed by atoms with Crippen molar-refractivity contribution in [2.24, 2.45) is 0 Å². The van der Waals surface area contributed by atoms with Crippen LogP contribution in [0.25, 0.3) is 0 Å². The zero-order chi connectivity index (χ0) is 19.5. The van der Waals surface area contributed by atoms with Crippen molar-refractivity contribution in [3.8, 4) is 0 Å². The van der Waals surface area contributed by atoms with Gasteiger partial charge in [0.1, 0.15) is 6.04 Å². The van der Waals surface area contributed by atoms with Gasteiger partial charge in [-0.1, -0.05) is 30.3 Å². The first-order valence-electron chi connectivity index (χ1n) is 8.35. The Labute approximate surface area is 151 Å². The first kappa shape index (κ1) is 21.1. The van der Waals surface area contributed by atoms with E-state index in [2.05, 4.69) is 15.4 Å². The SMILES string of the molecule is CCOC(=O)C[C@@H](NC(=O)CCC(=O)N[C@H](C)c1ccccc1)C(=O)O. The van der Waals surface area contributed by atoms with Gasteiger partial charge in [0.2, 0.25) is 11.8 Å². The number of hydrogen-bond donors (Lipinski definition) is 3. The van der Waals surface area contributed by atoms with Crippen molar-refractivity contribution in [3.63, 3.8) is 0 Å². The molecule has 0 aliphatic rings. The Bertz CT molecular complexity index is 632. The lowest BCUT2D eigenvalue weighted by molar-refractivity contribution is -0.150. The fourth-order valence-corrected chi connectivity index (χ4v) is 2.22. The minimum atomic E-state index is -1.38. The van der Waals surface area contributed by atoms with Crippen LogP contribution < -0.4 is 10.6 Å². The first-order chi connectivity index (χ1) is 12.3. The third-order valence-electron chi connectivity index (χ3n) is 3.57. The number of hydrogen-bond acceptors (Lipinski definition) is 5. The summed E-state index contributed by atoms with van der Waals surface area (Å²) in [7, 11) is 0. The summed E-state index contributed by atoms with van der Waals surface area (Å²) >= 11 is 0. The van der Waals surface area contributed by atoms with Gasteiger partial charge in [-0.15, -0.1) is 0 Å². The number of carbonyl (C=O) groups is 4. The molecule has 8 heteroatoms. The molecular weight excluding hydrogens is 340 g/mol. The van der Waals surface area contributed by atoms with E-state index in [1.54, 1.807) is 6.92 Å². The van der Waals surface area contributed by atoms with Gasteiger partial charge in [0, 0.05) is 12.8 Å². The Morgan fingerprint density at radius 3 is 2.15 bits per heavy atom. The van der Waals surface area contributed by atoms with Gasteiger partial charge in [-0.3, -0.25) is 14.4 Å². The summed E-state index contributed by atoms with van der Waals surface area (Å²) < 4.78 is 4.67. The summed E-state index contributed by atoms with van der Waals surface area (Å²) in [5.41, 5.74) is 0.936. The molecule has 0 saturated carbocycles. The van der Waals surface area contributed by atoms with E-state index in [0.29, 0.717) is 0 Å². The Balaban J connectivity index is 2.42. The predicted octanol–water partition coefficient (Wildman–Crippen LogP) is 1.17. The van der Waals surface area contributed by atoms with E-state index in [0.717, 1.165) is 5.56 Å². The van der Waals surface area contributed by atoms with Crippen molar-refractivity contribution in [3.05, 3.63) is 35.9 Å². The average Bonchev–Trinajstić information content (AvgIpc) is 2.60. The van der Waals surface area contributed by atoms with Crippen molar-refractivity contribution >= 4 is 23.8 Å². The van der Waals surface area contributed by atoms with Crippen LogP contribution in [0.15, 0.2) is 30.3 Å². The Hall–Kier alpha value is -2.90. The first-order valence-corrected chi connectivity index (χ1v) is 8.35. The molecule has 0 bridgehead atoms. The summed E-state index contributed by atoms with van der Waals surface area (Å²) in [5, 5.41) is 14.1. The smallest absolute Gasteiger partial charge is 0.326 e. The normalized spacial score (nSPS) is 12.5. The van der Waals surface area contributed by atoms with Gasteiger partial charge in [-0.05, 0) is 19.4 Å². The van der Waals surface area contributed by atoms with E-state index in [1.807, 2.05) is 37.3 Å². The number of benzene rings is 1. The summed E-state index contributed by atoms with van der Waals surface area (Å²) in [6, 6.07) is 7.77. The highest BCUT2D eigenvalue weighted by Crippen LogP contribution is 2.11. The molecule has 1 aromatic rings. The number of ether oxygens (including phenoxy) is 1. The van der Waals surface area contributed by atoms with Crippen LogP contribution in [-0.2, 0) is 23.9 Å². The second-order valence-electron chi connectivity index (χ2n) is 5.67. The molecule has 1 rings (SSSR count). The van der Waals surface area contributed by atoms with Crippen molar-refractivity contribution in [1.29, 1.82) is 0 Å². The lowest BCUT2D eigenvalue weighted by Crippen LogP contribution is -2.42. The van der Waals surface area contributed by atoms with E-state index in [1.165, 1.54) is 0 Å². The van der Waals surface area contributed by atoms with E-state index >= 15 is 0 Å². The van der Waals surface area contributed by atoms with Gasteiger partial charge in [0.25, 0.3) is 0 Å². The second-order valence-corrected chi connectivity index (χ2v) is 5.67. The monoisotopic (exact) mass is 364 g/mol. The molecule has 0 saturated heterocycles. The molecule has 0 aliphatic heterocycles. The van der Waals surface area contributed by atoms with Crippen LogP contribution in [-0.4, -0.2) is 41.5 Å². The molecule has 0 spiro atoms. The van der Waals surface area contributed by atoms with Gasteiger partial charge in [-0.25, -0.2) is 4.79 Å². The fraction of sp³-hybridized carbons (Fsp3) is 0.444. The Morgan fingerprint density at radius 1 is 1.04 bits per heavy atom. The minimum Gasteiger partial charge on any atom is -0.480 e. The number of carbonyl (C=O) groups excluding carboxylic acids is 3. The number of esters is 1. The Kier molecular flexibility index (Phi) is 8.83. The van der Waals surface area contributed by atoms with E-state index in [-0.39, 0.29) is 31.4 Å². The summed E-state index contributed by atoms with van der Waals surface area (Å²) in [6.45, 7) is 3.55. The van der Waals surface area contributed by atoms with Crippen molar-refractivity contribution < 1.29 is 29.0 Å². The number of nitrogens with one attached hydrogen (secondary N) is 2. The molecule has 0 fully saturated rings. The lowest BCUT2D eigenvalue weighted by atomic mass is 10.1. The molecule has 1 aromatic carbocycles. The summed E-state index contributed by atoms with van der Waals surface area (Å²) in [6.07, 6.45) is -0.735. The van der Waals surface area contributed by atoms with Crippen LogP contribution in [0.1, 0.15) is 44.7 Å². The zero-order valence-corrected chi connectivity index (χ0v) is 14.9. The maximum Gasteiger partial charge on any atom is 0.326 e. The predicted molar refractivity (Wildman–Crippen MR) is 93.1 cm³/mol. The van der Waals surface area contributed by atoms with Crippen LogP contribution >= 0.6 is 0 Å². The molecule has 2 amide bonds. The molecule has 2 atom stereocenters. The highest BCUT2D eigenvalue weighted by atomic mass is 16.5. The van der Waals surface area contributed by atoms with Crippen LogP contribution in [0.5, 0.6) is 0 Å². The highest BCUT2D eigenvalue weighted by Gasteiger charge is 2.24. The van der Waals surface area contributed by atoms with E-state index in [4.69, 9.17) is 5.11 Å². The Morgan fingerprint density at radius 2 is 1.62 bits per heavy atom. The molecule has 0 radical (unpaired) electrons. The molecule has 0 heterocycles. The maximum atomic E-state index is 11.9. The number of carboxylic acids is 1. The van der Waals surface area contributed by atoms with Gasteiger partial charge in [0.05, 0.1) is 19.1 Å². The van der Waals surface area contributed by atoms with E-state index < -0.39 is 30.3 Å². The van der Waals surface area contributed by atoms with Crippen LogP contribution in [0.2, 0.25) is 0 Å². The van der Waals surface area contributed by atoms with Gasteiger partial charge in [0.15, 0.2) is 0 Å². The van der Waals surface area contributed by atoms with Crippen molar-refractivity contribution in [1.82, 2.24) is 10.6 Å². The minimum absolute atomic E-state index is 0.0885. The van der Waals surface area contributed by atoms with Gasteiger partial charge >= 0.3 is 11.9 Å². The molecule has 142 valence electrons. The fourth-order valence-electron chi connectivity index (χ4n) is 2.22. The number of rotatable bonds is 10.